The normalized spacial score (nSPS) is 11.7. The fourth-order valence-electron chi connectivity index (χ4n) is 3.22. The van der Waals surface area contributed by atoms with Crippen LogP contribution in [0, 0.1) is 0 Å². The first-order chi connectivity index (χ1) is 11.2. The third kappa shape index (κ3) is 4.79. The van der Waals surface area contributed by atoms with Crippen LogP contribution in [0.5, 0.6) is 0 Å². The summed E-state index contributed by atoms with van der Waals surface area (Å²) in [7, 11) is 2.12. The zero-order valence-corrected chi connectivity index (χ0v) is 15.0. The Kier molecular flexibility index (Phi) is 7.06. The van der Waals surface area contributed by atoms with Crippen LogP contribution in [0.15, 0.2) is 18.2 Å². The van der Waals surface area contributed by atoms with Crippen LogP contribution in [0.25, 0.3) is 11.0 Å². The van der Waals surface area contributed by atoms with E-state index in [1.807, 2.05) is 0 Å². The summed E-state index contributed by atoms with van der Waals surface area (Å²) in [5.74, 6) is 1.19. The van der Waals surface area contributed by atoms with E-state index in [0.29, 0.717) is 6.54 Å². The van der Waals surface area contributed by atoms with Crippen LogP contribution in [-0.2, 0) is 20.0 Å². The molecule has 0 unspecified atom stereocenters. The Morgan fingerprint density at radius 3 is 2.48 bits per heavy atom. The molecule has 0 bridgehead atoms. The molecule has 128 valence electrons. The molecule has 2 rings (SSSR count). The van der Waals surface area contributed by atoms with Gasteiger partial charge in [0.25, 0.3) is 0 Å². The van der Waals surface area contributed by atoms with E-state index < -0.39 is 0 Å². The highest BCUT2D eigenvalue weighted by atomic mass is 15.1. The molecule has 0 aliphatic carbocycles. The molecule has 0 saturated heterocycles. The fourth-order valence-corrected chi connectivity index (χ4v) is 3.22. The van der Waals surface area contributed by atoms with E-state index in [-0.39, 0.29) is 0 Å². The lowest BCUT2D eigenvalue weighted by atomic mass is 10.2. The van der Waals surface area contributed by atoms with Gasteiger partial charge >= 0.3 is 0 Å². The molecular formula is C19H32N4. The minimum atomic E-state index is 0.584. The molecule has 0 radical (unpaired) electrons. The monoisotopic (exact) mass is 316 g/mol. The predicted molar refractivity (Wildman–Crippen MR) is 98.6 cm³/mol. The highest BCUT2D eigenvalue weighted by Crippen LogP contribution is 2.18. The van der Waals surface area contributed by atoms with Gasteiger partial charge in [-0.25, -0.2) is 4.98 Å². The van der Waals surface area contributed by atoms with E-state index >= 15 is 0 Å². The molecular weight excluding hydrogens is 284 g/mol. The van der Waals surface area contributed by atoms with Gasteiger partial charge in [0.15, 0.2) is 0 Å². The lowest BCUT2D eigenvalue weighted by Gasteiger charge is -2.20. The quantitative estimate of drug-likeness (QED) is 0.683. The molecule has 2 aromatic rings. The van der Waals surface area contributed by atoms with Crippen LogP contribution < -0.4 is 5.73 Å². The van der Waals surface area contributed by atoms with Crippen molar-refractivity contribution >= 4 is 11.0 Å². The number of nitrogens with two attached hydrogens (primary N) is 1. The van der Waals surface area contributed by atoms with Gasteiger partial charge in [-0.2, -0.15) is 0 Å². The van der Waals surface area contributed by atoms with E-state index in [2.05, 4.69) is 48.6 Å². The SMILES string of the molecule is CCCN(CCC)CCCCc1nc2ccc(CN)cc2n1C. The molecule has 0 amide bonds. The van der Waals surface area contributed by atoms with Gasteiger partial charge in [0.05, 0.1) is 11.0 Å². The number of hydrogen-bond donors (Lipinski definition) is 1. The predicted octanol–water partition coefficient (Wildman–Crippen LogP) is 3.48. The summed E-state index contributed by atoms with van der Waals surface area (Å²) in [4.78, 5) is 7.37. The molecule has 23 heavy (non-hydrogen) atoms. The largest absolute Gasteiger partial charge is 0.331 e. The average molecular weight is 316 g/mol. The molecule has 0 spiro atoms. The van der Waals surface area contributed by atoms with Crippen LogP contribution in [-0.4, -0.2) is 34.1 Å². The maximum absolute atomic E-state index is 5.74. The highest BCUT2D eigenvalue weighted by molar-refractivity contribution is 5.76. The Hall–Kier alpha value is -1.39. The molecule has 1 heterocycles. The van der Waals surface area contributed by atoms with Crippen molar-refractivity contribution in [3.8, 4) is 0 Å². The average Bonchev–Trinajstić information content (AvgIpc) is 2.87. The second kappa shape index (κ2) is 9.04. The Labute approximate surface area is 140 Å². The zero-order valence-electron chi connectivity index (χ0n) is 15.0. The van der Waals surface area contributed by atoms with Crippen molar-refractivity contribution in [2.75, 3.05) is 19.6 Å². The number of nitrogens with zero attached hydrogens (tertiary/aromatic N) is 3. The third-order valence-corrected chi connectivity index (χ3v) is 4.48. The second-order valence-corrected chi connectivity index (χ2v) is 6.41. The molecule has 0 aliphatic rings. The smallest absolute Gasteiger partial charge is 0.109 e. The summed E-state index contributed by atoms with van der Waals surface area (Å²) in [6.45, 7) is 8.77. The lowest BCUT2D eigenvalue weighted by molar-refractivity contribution is 0.269. The standard InChI is InChI=1S/C19H32N4/c1-4-11-23(12-5-2)13-7-6-8-19-21-17-10-9-16(15-20)14-18(17)22(19)3/h9-10,14H,4-8,11-13,15,20H2,1-3H3. The molecule has 0 saturated carbocycles. The third-order valence-electron chi connectivity index (χ3n) is 4.48. The lowest BCUT2D eigenvalue weighted by Crippen LogP contribution is -2.26. The van der Waals surface area contributed by atoms with E-state index in [0.717, 1.165) is 11.9 Å². The van der Waals surface area contributed by atoms with Crippen molar-refractivity contribution in [1.82, 2.24) is 14.5 Å². The van der Waals surface area contributed by atoms with Gasteiger partial charge in [-0.1, -0.05) is 19.9 Å². The minimum Gasteiger partial charge on any atom is -0.331 e. The van der Waals surface area contributed by atoms with Crippen LogP contribution in [0.2, 0.25) is 0 Å². The zero-order chi connectivity index (χ0) is 16.7. The number of aryl methyl sites for hydroxylation is 2. The summed E-state index contributed by atoms with van der Waals surface area (Å²) in [6.07, 6.45) is 5.99. The van der Waals surface area contributed by atoms with E-state index in [1.54, 1.807) is 0 Å². The summed E-state index contributed by atoms with van der Waals surface area (Å²) < 4.78 is 2.23. The molecule has 0 atom stereocenters. The molecule has 1 aromatic carbocycles. The first kappa shape index (κ1) is 18.0. The Morgan fingerprint density at radius 1 is 1.09 bits per heavy atom. The van der Waals surface area contributed by atoms with Crippen molar-refractivity contribution < 1.29 is 0 Å². The molecule has 0 fully saturated rings. The van der Waals surface area contributed by atoms with Gasteiger partial charge in [0, 0.05) is 20.0 Å². The fraction of sp³-hybridized carbons (Fsp3) is 0.632. The van der Waals surface area contributed by atoms with E-state index in [1.165, 1.54) is 62.2 Å². The van der Waals surface area contributed by atoms with Gasteiger partial charge in [-0.05, 0) is 63.0 Å². The Bertz CT molecular complexity index is 597. The van der Waals surface area contributed by atoms with E-state index in [4.69, 9.17) is 10.7 Å². The number of aromatic nitrogens is 2. The maximum atomic E-state index is 5.74. The molecule has 2 N–H and O–H groups in total. The van der Waals surface area contributed by atoms with Crippen molar-refractivity contribution in [1.29, 1.82) is 0 Å². The number of unbranched alkanes of at least 4 members (excludes halogenated alkanes) is 1. The number of imidazole rings is 1. The first-order valence-corrected chi connectivity index (χ1v) is 9.06. The number of rotatable bonds is 10. The molecule has 1 aromatic heterocycles. The van der Waals surface area contributed by atoms with Crippen LogP contribution in [0.1, 0.15) is 50.9 Å². The Morgan fingerprint density at radius 2 is 1.83 bits per heavy atom. The minimum absolute atomic E-state index is 0.584. The van der Waals surface area contributed by atoms with Gasteiger partial charge in [0.2, 0.25) is 0 Å². The van der Waals surface area contributed by atoms with Crippen molar-refractivity contribution in [3.63, 3.8) is 0 Å². The first-order valence-electron chi connectivity index (χ1n) is 9.06. The van der Waals surface area contributed by atoms with Gasteiger partial charge < -0.3 is 15.2 Å². The highest BCUT2D eigenvalue weighted by Gasteiger charge is 2.08. The summed E-state index contributed by atoms with van der Waals surface area (Å²) in [5, 5.41) is 0. The summed E-state index contributed by atoms with van der Waals surface area (Å²) in [5.41, 5.74) is 9.19. The number of fused-ring (bicyclic) bond motifs is 1. The topological polar surface area (TPSA) is 47.1 Å². The van der Waals surface area contributed by atoms with Gasteiger partial charge in [0.1, 0.15) is 5.82 Å². The summed E-state index contributed by atoms with van der Waals surface area (Å²) >= 11 is 0. The Balaban J connectivity index is 1.90. The maximum Gasteiger partial charge on any atom is 0.109 e. The number of benzene rings is 1. The summed E-state index contributed by atoms with van der Waals surface area (Å²) in [6, 6.07) is 6.33. The second-order valence-electron chi connectivity index (χ2n) is 6.41. The van der Waals surface area contributed by atoms with E-state index in [9.17, 15) is 0 Å². The van der Waals surface area contributed by atoms with Crippen LogP contribution in [0.3, 0.4) is 0 Å². The van der Waals surface area contributed by atoms with Crippen molar-refractivity contribution in [2.24, 2.45) is 12.8 Å². The van der Waals surface area contributed by atoms with Crippen LogP contribution >= 0.6 is 0 Å². The molecule has 4 nitrogen and oxygen atoms in total. The van der Waals surface area contributed by atoms with Crippen molar-refractivity contribution in [2.45, 2.75) is 52.5 Å². The van der Waals surface area contributed by atoms with Gasteiger partial charge in [-0.15, -0.1) is 0 Å². The van der Waals surface area contributed by atoms with Gasteiger partial charge in [-0.3, -0.25) is 0 Å². The molecule has 0 aliphatic heterocycles. The molecule has 4 heteroatoms. The number of hydrogen-bond acceptors (Lipinski definition) is 3. The van der Waals surface area contributed by atoms with Crippen LogP contribution in [0.4, 0.5) is 0 Å². The van der Waals surface area contributed by atoms with Crippen molar-refractivity contribution in [3.05, 3.63) is 29.6 Å².